The number of hydrogen-bond donors (Lipinski definition) is 3. The van der Waals surface area contributed by atoms with Gasteiger partial charge in [0, 0.05) is 0 Å². The van der Waals surface area contributed by atoms with Crippen molar-refractivity contribution in [2.24, 2.45) is 5.73 Å². The Morgan fingerprint density at radius 3 is 2.57 bits per heavy atom. The maximum atomic E-state index is 10.5. The van der Waals surface area contributed by atoms with E-state index in [9.17, 15) is 9.90 Å². The quantitative estimate of drug-likeness (QED) is 0.541. The maximum absolute atomic E-state index is 10.5. The maximum Gasteiger partial charge on any atom is 0.323 e. The van der Waals surface area contributed by atoms with Crippen LogP contribution in [0, 0.1) is 0 Å². The van der Waals surface area contributed by atoms with Gasteiger partial charge in [-0.05, 0) is 13.8 Å². The fourth-order valence-corrected chi connectivity index (χ4v) is 1.26. The Labute approximate surface area is 81.6 Å². The van der Waals surface area contributed by atoms with Gasteiger partial charge in [0.15, 0.2) is 5.79 Å². The van der Waals surface area contributed by atoms with Gasteiger partial charge in [-0.1, -0.05) is 0 Å². The van der Waals surface area contributed by atoms with Crippen LogP contribution < -0.4 is 5.73 Å². The Hall–Kier alpha value is -0.690. The van der Waals surface area contributed by atoms with E-state index in [2.05, 4.69) is 0 Å². The summed E-state index contributed by atoms with van der Waals surface area (Å²) in [6.07, 6.45) is -1.94. The normalized spacial score (nSPS) is 29.9. The van der Waals surface area contributed by atoms with Gasteiger partial charge >= 0.3 is 5.97 Å². The van der Waals surface area contributed by atoms with Crippen molar-refractivity contribution < 1.29 is 24.5 Å². The number of nitrogens with two attached hydrogens (primary N) is 1. The average Bonchev–Trinajstić information content (AvgIpc) is 2.43. The van der Waals surface area contributed by atoms with Crippen LogP contribution in [0.25, 0.3) is 0 Å². The number of carbonyl (C=O) groups is 1. The van der Waals surface area contributed by atoms with Crippen molar-refractivity contribution >= 4 is 5.97 Å². The molecule has 14 heavy (non-hydrogen) atoms. The fourth-order valence-electron chi connectivity index (χ4n) is 1.26. The van der Waals surface area contributed by atoms with Gasteiger partial charge in [-0.2, -0.15) is 0 Å². The van der Waals surface area contributed by atoms with E-state index >= 15 is 0 Å². The first-order chi connectivity index (χ1) is 6.33. The first kappa shape index (κ1) is 11.4. The monoisotopic (exact) mass is 205 g/mol. The van der Waals surface area contributed by atoms with Gasteiger partial charge in [0.05, 0.1) is 6.61 Å². The van der Waals surface area contributed by atoms with Gasteiger partial charge in [0.1, 0.15) is 18.2 Å². The van der Waals surface area contributed by atoms with E-state index in [1.807, 2.05) is 0 Å². The molecule has 1 aliphatic heterocycles. The molecule has 6 heteroatoms. The predicted molar refractivity (Wildman–Crippen MR) is 46.5 cm³/mol. The van der Waals surface area contributed by atoms with E-state index in [1.54, 1.807) is 13.8 Å². The first-order valence-electron chi connectivity index (χ1n) is 4.32. The van der Waals surface area contributed by atoms with Crippen LogP contribution >= 0.6 is 0 Å². The summed E-state index contributed by atoms with van der Waals surface area (Å²) in [5.41, 5.74) is 5.24. The Morgan fingerprint density at radius 2 is 2.21 bits per heavy atom. The smallest absolute Gasteiger partial charge is 0.323 e. The second-order valence-corrected chi connectivity index (χ2v) is 3.72. The highest BCUT2D eigenvalue weighted by atomic mass is 16.7. The molecule has 82 valence electrons. The van der Waals surface area contributed by atoms with Crippen LogP contribution in [0.2, 0.25) is 0 Å². The molecule has 1 rings (SSSR count). The molecule has 0 spiro atoms. The van der Waals surface area contributed by atoms with Crippen molar-refractivity contribution in [1.82, 2.24) is 0 Å². The van der Waals surface area contributed by atoms with Gasteiger partial charge < -0.3 is 25.4 Å². The number of hydrogen-bond acceptors (Lipinski definition) is 5. The number of aliphatic hydroxyl groups excluding tert-OH is 1. The lowest BCUT2D eigenvalue weighted by Crippen LogP contribution is -2.49. The van der Waals surface area contributed by atoms with Crippen LogP contribution in [0.1, 0.15) is 13.8 Å². The van der Waals surface area contributed by atoms with E-state index in [0.29, 0.717) is 0 Å². The lowest BCUT2D eigenvalue weighted by molar-refractivity contribution is -0.159. The molecule has 3 atom stereocenters. The molecule has 1 heterocycles. The second-order valence-electron chi connectivity index (χ2n) is 3.72. The zero-order valence-corrected chi connectivity index (χ0v) is 8.14. The number of aliphatic hydroxyl groups is 1. The number of ether oxygens (including phenoxy) is 2. The largest absolute Gasteiger partial charge is 0.480 e. The molecule has 4 N–H and O–H groups in total. The lowest BCUT2D eigenvalue weighted by atomic mass is 10.1. The van der Waals surface area contributed by atoms with E-state index in [0.717, 1.165) is 0 Å². The van der Waals surface area contributed by atoms with E-state index in [1.165, 1.54) is 0 Å². The van der Waals surface area contributed by atoms with Crippen LogP contribution in [0.3, 0.4) is 0 Å². The highest BCUT2D eigenvalue weighted by molar-refractivity contribution is 5.74. The molecule has 0 aromatic heterocycles. The van der Waals surface area contributed by atoms with Crippen LogP contribution in [0.4, 0.5) is 0 Å². The SMILES string of the molecule is CC1(C)OC[C@@H]([C@@H](O)[C@H](N)C(=O)O)O1. The molecule has 0 aromatic rings. The zero-order valence-electron chi connectivity index (χ0n) is 8.14. The minimum absolute atomic E-state index is 0.148. The van der Waals surface area contributed by atoms with Crippen LogP contribution in [-0.4, -0.2) is 46.8 Å². The molecule has 0 aliphatic carbocycles. The van der Waals surface area contributed by atoms with E-state index < -0.39 is 30.0 Å². The van der Waals surface area contributed by atoms with Crippen molar-refractivity contribution in [3.05, 3.63) is 0 Å². The molecule has 1 aliphatic rings. The molecule has 0 amide bonds. The summed E-state index contributed by atoms with van der Waals surface area (Å²) in [7, 11) is 0. The molecule has 1 fully saturated rings. The summed E-state index contributed by atoms with van der Waals surface area (Å²) in [6.45, 7) is 3.52. The molecule has 0 unspecified atom stereocenters. The predicted octanol–water partition coefficient (Wildman–Crippen LogP) is -1.09. The summed E-state index contributed by atoms with van der Waals surface area (Å²) in [5, 5.41) is 18.1. The third-order valence-electron chi connectivity index (χ3n) is 2.06. The highest BCUT2D eigenvalue weighted by Gasteiger charge is 2.40. The molecule has 0 bridgehead atoms. The average molecular weight is 205 g/mol. The first-order valence-corrected chi connectivity index (χ1v) is 4.32. The number of aliphatic carboxylic acids is 1. The Kier molecular flexibility index (Phi) is 3.10. The van der Waals surface area contributed by atoms with Crippen LogP contribution in [0.5, 0.6) is 0 Å². The van der Waals surface area contributed by atoms with Gasteiger partial charge in [-0.25, -0.2) is 0 Å². The molecule has 0 radical (unpaired) electrons. The zero-order chi connectivity index (χ0) is 10.9. The Morgan fingerprint density at radius 1 is 1.64 bits per heavy atom. The molecular formula is C8H15NO5. The van der Waals surface area contributed by atoms with Gasteiger partial charge in [0.2, 0.25) is 0 Å². The molecular weight excluding hydrogens is 190 g/mol. The Balaban J connectivity index is 2.55. The molecule has 1 saturated heterocycles. The number of rotatable bonds is 3. The van der Waals surface area contributed by atoms with Crippen molar-refractivity contribution in [3.63, 3.8) is 0 Å². The van der Waals surface area contributed by atoms with Crippen LogP contribution in [0.15, 0.2) is 0 Å². The summed E-state index contributed by atoms with van der Waals surface area (Å²) in [6, 6.07) is -1.35. The van der Waals surface area contributed by atoms with Gasteiger partial charge in [-0.15, -0.1) is 0 Å². The number of carboxylic acid groups (broad SMARTS) is 1. The van der Waals surface area contributed by atoms with Gasteiger partial charge in [-0.3, -0.25) is 4.79 Å². The lowest BCUT2D eigenvalue weighted by Gasteiger charge is -2.22. The summed E-state index contributed by atoms with van der Waals surface area (Å²) >= 11 is 0. The van der Waals surface area contributed by atoms with Crippen molar-refractivity contribution in [1.29, 1.82) is 0 Å². The topological polar surface area (TPSA) is 102 Å². The van der Waals surface area contributed by atoms with Crippen LogP contribution in [-0.2, 0) is 14.3 Å². The van der Waals surface area contributed by atoms with Crippen molar-refractivity contribution in [2.45, 2.75) is 37.9 Å². The number of carboxylic acids is 1. The minimum Gasteiger partial charge on any atom is -0.480 e. The minimum atomic E-state index is -1.35. The highest BCUT2D eigenvalue weighted by Crippen LogP contribution is 2.24. The van der Waals surface area contributed by atoms with Gasteiger partial charge in [0.25, 0.3) is 0 Å². The van der Waals surface area contributed by atoms with Crippen molar-refractivity contribution in [3.8, 4) is 0 Å². The summed E-state index contributed by atoms with van der Waals surface area (Å²) in [5.74, 6) is -2.05. The summed E-state index contributed by atoms with van der Waals surface area (Å²) < 4.78 is 10.4. The van der Waals surface area contributed by atoms with E-state index in [-0.39, 0.29) is 6.61 Å². The van der Waals surface area contributed by atoms with Crippen molar-refractivity contribution in [2.75, 3.05) is 6.61 Å². The van der Waals surface area contributed by atoms with E-state index in [4.69, 9.17) is 20.3 Å². The Bertz CT molecular complexity index is 230. The molecule has 0 saturated carbocycles. The fraction of sp³-hybridized carbons (Fsp3) is 0.875. The second kappa shape index (κ2) is 3.82. The third-order valence-corrected chi connectivity index (χ3v) is 2.06. The standard InChI is InChI=1S/C8H15NO5/c1-8(2)13-3-4(14-8)6(10)5(9)7(11)12/h4-6,10H,3,9H2,1-2H3,(H,11,12)/t4-,5-,6+/m0/s1. The molecule has 6 nitrogen and oxygen atoms in total. The summed E-state index contributed by atoms with van der Waals surface area (Å²) in [4.78, 5) is 10.5. The molecule has 0 aromatic carbocycles. The third kappa shape index (κ3) is 2.42.